The number of rotatable bonds is 8. The zero-order chi connectivity index (χ0) is 16.7. The van der Waals surface area contributed by atoms with Crippen LogP contribution in [0.2, 0.25) is 0 Å². The second-order valence-electron chi connectivity index (χ2n) is 5.73. The Labute approximate surface area is 137 Å². The molecule has 4 heteroatoms. The second-order valence-corrected chi connectivity index (χ2v) is 5.73. The van der Waals surface area contributed by atoms with Gasteiger partial charge in [-0.15, -0.1) is 0 Å². The van der Waals surface area contributed by atoms with Crippen molar-refractivity contribution in [3.8, 4) is 11.5 Å². The Hall–Kier alpha value is -2.04. The fraction of sp³-hybridized carbons (Fsp3) is 0.368. The van der Waals surface area contributed by atoms with E-state index in [4.69, 9.17) is 10.5 Å². The zero-order valence-corrected chi connectivity index (χ0v) is 13.5. The maximum Gasteiger partial charge on any atom is 0.124 e. The van der Waals surface area contributed by atoms with Crippen molar-refractivity contribution in [2.24, 2.45) is 5.73 Å². The number of aromatic hydroxyl groups is 1. The van der Waals surface area contributed by atoms with Gasteiger partial charge in [-0.25, -0.2) is 0 Å². The Morgan fingerprint density at radius 1 is 1.13 bits per heavy atom. The predicted molar refractivity (Wildman–Crippen MR) is 91.3 cm³/mol. The van der Waals surface area contributed by atoms with Gasteiger partial charge in [0.2, 0.25) is 0 Å². The fourth-order valence-corrected chi connectivity index (χ4v) is 2.44. The van der Waals surface area contributed by atoms with Gasteiger partial charge in [0.15, 0.2) is 0 Å². The van der Waals surface area contributed by atoms with E-state index in [1.165, 1.54) is 0 Å². The monoisotopic (exact) mass is 315 g/mol. The van der Waals surface area contributed by atoms with Crippen molar-refractivity contribution in [3.63, 3.8) is 0 Å². The lowest BCUT2D eigenvalue weighted by Gasteiger charge is -2.20. The highest BCUT2D eigenvalue weighted by molar-refractivity contribution is 5.41. The van der Waals surface area contributed by atoms with Crippen molar-refractivity contribution >= 4 is 0 Å². The van der Waals surface area contributed by atoms with Crippen LogP contribution in [0, 0.1) is 0 Å². The minimum absolute atomic E-state index is 0.0543. The van der Waals surface area contributed by atoms with E-state index in [-0.39, 0.29) is 5.75 Å². The van der Waals surface area contributed by atoms with Gasteiger partial charge in [-0.1, -0.05) is 50.1 Å². The van der Waals surface area contributed by atoms with Crippen molar-refractivity contribution in [2.45, 2.75) is 44.9 Å². The maximum atomic E-state index is 10.2. The molecule has 0 bridgehead atoms. The highest BCUT2D eigenvalue weighted by Crippen LogP contribution is 2.30. The van der Waals surface area contributed by atoms with Crippen molar-refractivity contribution < 1.29 is 14.9 Å². The number of benzene rings is 2. The van der Waals surface area contributed by atoms with Crippen molar-refractivity contribution in [1.29, 1.82) is 0 Å². The van der Waals surface area contributed by atoms with Crippen LogP contribution in [0.25, 0.3) is 0 Å². The number of hydrogen-bond donors (Lipinski definition) is 3. The SMILES string of the molecule is CCCC[C@H](O)[C@H](N)c1ccc(OCc2ccccc2)cc1O. The van der Waals surface area contributed by atoms with Gasteiger partial charge in [0, 0.05) is 11.6 Å². The molecule has 0 saturated carbocycles. The quantitative estimate of drug-likeness (QED) is 0.696. The van der Waals surface area contributed by atoms with Gasteiger partial charge in [-0.05, 0) is 24.1 Å². The van der Waals surface area contributed by atoms with Gasteiger partial charge in [0.05, 0.1) is 12.1 Å². The lowest BCUT2D eigenvalue weighted by molar-refractivity contribution is 0.131. The first kappa shape index (κ1) is 17.3. The van der Waals surface area contributed by atoms with Crippen LogP contribution in [0.15, 0.2) is 48.5 Å². The Balaban J connectivity index is 1.99. The molecule has 0 unspecified atom stereocenters. The molecule has 2 aromatic carbocycles. The van der Waals surface area contributed by atoms with Gasteiger partial charge in [-0.3, -0.25) is 0 Å². The number of hydrogen-bond acceptors (Lipinski definition) is 4. The summed E-state index contributed by atoms with van der Waals surface area (Å²) in [6.45, 7) is 2.50. The lowest BCUT2D eigenvalue weighted by Crippen LogP contribution is -2.26. The van der Waals surface area contributed by atoms with E-state index in [9.17, 15) is 10.2 Å². The van der Waals surface area contributed by atoms with Gasteiger partial charge >= 0.3 is 0 Å². The summed E-state index contributed by atoms with van der Waals surface area (Å²) in [4.78, 5) is 0. The van der Waals surface area contributed by atoms with Crippen LogP contribution in [0.3, 0.4) is 0 Å². The Morgan fingerprint density at radius 3 is 2.52 bits per heavy atom. The van der Waals surface area contributed by atoms with Crippen LogP contribution in [-0.2, 0) is 6.61 Å². The van der Waals surface area contributed by atoms with E-state index in [2.05, 4.69) is 6.92 Å². The Bertz CT molecular complexity index is 601. The van der Waals surface area contributed by atoms with E-state index in [0.29, 0.717) is 24.3 Å². The number of phenolic OH excluding ortho intramolecular Hbond substituents is 1. The van der Waals surface area contributed by atoms with E-state index < -0.39 is 12.1 Å². The first-order chi connectivity index (χ1) is 11.1. The summed E-state index contributed by atoms with van der Waals surface area (Å²) >= 11 is 0. The molecule has 0 radical (unpaired) electrons. The summed E-state index contributed by atoms with van der Waals surface area (Å²) < 4.78 is 5.67. The zero-order valence-electron chi connectivity index (χ0n) is 13.5. The number of nitrogens with two attached hydrogens (primary N) is 1. The second kappa shape index (κ2) is 8.56. The fourth-order valence-electron chi connectivity index (χ4n) is 2.44. The van der Waals surface area contributed by atoms with Crippen LogP contribution in [0.5, 0.6) is 11.5 Å². The van der Waals surface area contributed by atoms with Crippen LogP contribution >= 0.6 is 0 Å². The molecular formula is C19H25NO3. The third-order valence-corrected chi connectivity index (χ3v) is 3.88. The number of aliphatic hydroxyl groups is 1. The lowest BCUT2D eigenvalue weighted by atomic mass is 9.97. The third-order valence-electron chi connectivity index (χ3n) is 3.88. The largest absolute Gasteiger partial charge is 0.507 e. The normalized spacial score (nSPS) is 13.5. The average Bonchev–Trinajstić information content (AvgIpc) is 2.58. The molecule has 0 aromatic heterocycles. The number of ether oxygens (including phenoxy) is 1. The van der Waals surface area contributed by atoms with Gasteiger partial charge in [0.25, 0.3) is 0 Å². The standard InChI is InChI=1S/C19H25NO3/c1-2-3-9-17(21)19(20)16-11-10-15(12-18(16)22)23-13-14-7-5-4-6-8-14/h4-8,10-12,17,19,21-22H,2-3,9,13,20H2,1H3/t17-,19+/m0/s1. The number of phenols is 1. The van der Waals surface area contributed by atoms with Crippen LogP contribution < -0.4 is 10.5 Å². The average molecular weight is 315 g/mol. The van der Waals surface area contributed by atoms with E-state index in [1.54, 1.807) is 18.2 Å². The summed E-state index contributed by atoms with van der Waals surface area (Å²) in [5.41, 5.74) is 7.64. The van der Waals surface area contributed by atoms with Gasteiger partial charge in [0.1, 0.15) is 18.1 Å². The van der Waals surface area contributed by atoms with Crippen LogP contribution in [0.1, 0.15) is 43.4 Å². The van der Waals surface area contributed by atoms with Crippen LogP contribution in [0.4, 0.5) is 0 Å². The molecule has 0 aliphatic rings. The highest BCUT2D eigenvalue weighted by Gasteiger charge is 2.19. The van der Waals surface area contributed by atoms with E-state index >= 15 is 0 Å². The molecular weight excluding hydrogens is 290 g/mol. The Morgan fingerprint density at radius 2 is 1.87 bits per heavy atom. The third kappa shape index (κ3) is 4.98. The van der Waals surface area contributed by atoms with E-state index in [1.807, 2.05) is 30.3 Å². The van der Waals surface area contributed by atoms with Gasteiger partial charge < -0.3 is 20.7 Å². The summed E-state index contributed by atoms with van der Waals surface area (Å²) in [6, 6.07) is 14.3. The number of aliphatic hydroxyl groups excluding tert-OH is 1. The molecule has 2 rings (SSSR count). The molecule has 4 nitrogen and oxygen atoms in total. The maximum absolute atomic E-state index is 10.2. The molecule has 4 N–H and O–H groups in total. The summed E-state index contributed by atoms with van der Waals surface area (Å²) in [5, 5.41) is 20.2. The molecule has 2 aromatic rings. The smallest absolute Gasteiger partial charge is 0.124 e. The topological polar surface area (TPSA) is 75.7 Å². The summed E-state index contributed by atoms with van der Waals surface area (Å²) in [5.74, 6) is 0.629. The molecule has 0 spiro atoms. The molecule has 0 heterocycles. The molecule has 0 saturated heterocycles. The predicted octanol–water partition coefficient (Wildman–Crippen LogP) is 3.52. The molecule has 23 heavy (non-hydrogen) atoms. The molecule has 0 fully saturated rings. The number of unbranched alkanes of at least 4 members (excludes halogenated alkanes) is 1. The first-order valence-corrected chi connectivity index (χ1v) is 8.05. The van der Waals surface area contributed by atoms with Gasteiger partial charge in [-0.2, -0.15) is 0 Å². The summed E-state index contributed by atoms with van der Waals surface area (Å²) in [7, 11) is 0. The van der Waals surface area contributed by atoms with Crippen molar-refractivity contribution in [2.75, 3.05) is 0 Å². The van der Waals surface area contributed by atoms with Crippen LogP contribution in [-0.4, -0.2) is 16.3 Å². The first-order valence-electron chi connectivity index (χ1n) is 8.05. The Kier molecular flexibility index (Phi) is 6.44. The van der Waals surface area contributed by atoms with Crippen molar-refractivity contribution in [1.82, 2.24) is 0 Å². The van der Waals surface area contributed by atoms with Crippen molar-refractivity contribution in [3.05, 3.63) is 59.7 Å². The van der Waals surface area contributed by atoms with E-state index in [0.717, 1.165) is 18.4 Å². The molecule has 2 atom stereocenters. The molecule has 0 aliphatic heterocycles. The highest BCUT2D eigenvalue weighted by atomic mass is 16.5. The minimum Gasteiger partial charge on any atom is -0.507 e. The molecule has 124 valence electrons. The minimum atomic E-state index is -0.656. The molecule has 0 amide bonds. The molecule has 0 aliphatic carbocycles. The summed E-state index contributed by atoms with van der Waals surface area (Å²) in [6.07, 6.45) is 1.89.